The van der Waals surface area contributed by atoms with Gasteiger partial charge in [0.2, 0.25) is 0 Å². The van der Waals surface area contributed by atoms with Crippen molar-refractivity contribution >= 4 is 5.97 Å². The van der Waals surface area contributed by atoms with Crippen molar-refractivity contribution < 1.29 is 14.6 Å². The summed E-state index contributed by atoms with van der Waals surface area (Å²) in [6, 6.07) is 8.22. The smallest absolute Gasteiger partial charge is 0.303 e. The number of benzene rings is 1. The van der Waals surface area contributed by atoms with Crippen LogP contribution in [0.3, 0.4) is 0 Å². The van der Waals surface area contributed by atoms with E-state index in [0.717, 1.165) is 11.3 Å². The minimum Gasteiger partial charge on any atom is -0.497 e. The molecule has 0 aromatic heterocycles. The van der Waals surface area contributed by atoms with Gasteiger partial charge in [-0.05, 0) is 38.0 Å². The SMILES string of the molecule is COc1cccc([C@H](C)NC(C)CCC(=O)O)c1. The molecule has 0 aliphatic carbocycles. The van der Waals surface area contributed by atoms with Crippen LogP contribution in [0.5, 0.6) is 5.75 Å². The molecule has 0 aliphatic rings. The predicted molar refractivity (Wildman–Crippen MR) is 70.9 cm³/mol. The van der Waals surface area contributed by atoms with Crippen LogP contribution in [0.4, 0.5) is 0 Å². The lowest BCUT2D eigenvalue weighted by atomic mass is 10.1. The molecule has 4 nitrogen and oxygen atoms in total. The maximum absolute atomic E-state index is 10.5. The quantitative estimate of drug-likeness (QED) is 0.782. The monoisotopic (exact) mass is 251 g/mol. The minimum absolute atomic E-state index is 0.169. The lowest BCUT2D eigenvalue weighted by Gasteiger charge is -2.20. The third-order valence-electron chi connectivity index (χ3n) is 2.92. The Morgan fingerprint density at radius 1 is 1.44 bits per heavy atom. The van der Waals surface area contributed by atoms with Crippen LogP contribution in [0.2, 0.25) is 0 Å². The summed E-state index contributed by atoms with van der Waals surface area (Å²) in [6.07, 6.45) is 0.822. The second kappa shape index (κ2) is 7.01. The van der Waals surface area contributed by atoms with Gasteiger partial charge in [0.25, 0.3) is 0 Å². The Bertz CT molecular complexity index is 392. The van der Waals surface area contributed by atoms with E-state index in [-0.39, 0.29) is 18.5 Å². The summed E-state index contributed by atoms with van der Waals surface area (Å²) >= 11 is 0. The fourth-order valence-corrected chi connectivity index (χ4v) is 1.86. The molecule has 0 aliphatic heterocycles. The molecular formula is C14H21NO3. The van der Waals surface area contributed by atoms with Crippen LogP contribution in [0, 0.1) is 0 Å². The van der Waals surface area contributed by atoms with Gasteiger partial charge in [-0.15, -0.1) is 0 Å². The number of hydrogen-bond acceptors (Lipinski definition) is 3. The Morgan fingerprint density at radius 3 is 2.78 bits per heavy atom. The first kappa shape index (κ1) is 14.5. The summed E-state index contributed by atoms with van der Waals surface area (Å²) in [5.74, 6) is 0.0806. The molecule has 1 rings (SSSR count). The standard InChI is InChI=1S/C14H21NO3/c1-10(7-8-14(16)17)15-11(2)12-5-4-6-13(9-12)18-3/h4-6,9-11,15H,7-8H2,1-3H3,(H,16,17)/t10?,11-/m0/s1. The average molecular weight is 251 g/mol. The molecule has 18 heavy (non-hydrogen) atoms. The summed E-state index contributed by atoms with van der Waals surface area (Å²) in [7, 11) is 1.65. The maximum atomic E-state index is 10.5. The van der Waals surface area contributed by atoms with Crippen molar-refractivity contribution in [3.8, 4) is 5.75 Å². The molecule has 1 aromatic rings. The van der Waals surface area contributed by atoms with Gasteiger partial charge in [0.15, 0.2) is 0 Å². The molecule has 2 N–H and O–H groups in total. The van der Waals surface area contributed by atoms with Crippen LogP contribution in [-0.4, -0.2) is 24.2 Å². The molecule has 4 heteroatoms. The zero-order valence-corrected chi connectivity index (χ0v) is 11.1. The van der Waals surface area contributed by atoms with E-state index in [1.54, 1.807) is 7.11 Å². The Labute approximate surface area is 108 Å². The highest BCUT2D eigenvalue weighted by Crippen LogP contribution is 2.19. The van der Waals surface area contributed by atoms with E-state index < -0.39 is 5.97 Å². The first-order valence-corrected chi connectivity index (χ1v) is 6.14. The van der Waals surface area contributed by atoms with Crippen LogP contribution < -0.4 is 10.1 Å². The van der Waals surface area contributed by atoms with Crippen LogP contribution in [0.1, 0.15) is 38.3 Å². The number of rotatable bonds is 7. The van der Waals surface area contributed by atoms with Gasteiger partial charge in [0.05, 0.1) is 7.11 Å². The number of carboxylic acid groups (broad SMARTS) is 1. The second-order valence-electron chi connectivity index (χ2n) is 4.50. The van der Waals surface area contributed by atoms with Crippen molar-refractivity contribution in [2.75, 3.05) is 7.11 Å². The molecule has 0 bridgehead atoms. The molecule has 0 spiro atoms. The Kier molecular flexibility index (Phi) is 5.65. The molecule has 100 valence electrons. The van der Waals surface area contributed by atoms with E-state index in [2.05, 4.69) is 12.2 Å². The Morgan fingerprint density at radius 2 is 2.17 bits per heavy atom. The van der Waals surface area contributed by atoms with Gasteiger partial charge in [-0.3, -0.25) is 4.79 Å². The third kappa shape index (κ3) is 4.75. The number of carbonyl (C=O) groups is 1. The van der Waals surface area contributed by atoms with Crippen molar-refractivity contribution in [1.29, 1.82) is 0 Å². The van der Waals surface area contributed by atoms with Crippen LogP contribution in [0.15, 0.2) is 24.3 Å². The predicted octanol–water partition coefficient (Wildman–Crippen LogP) is 2.60. The van der Waals surface area contributed by atoms with Gasteiger partial charge in [-0.2, -0.15) is 0 Å². The van der Waals surface area contributed by atoms with Crippen molar-refractivity contribution in [3.05, 3.63) is 29.8 Å². The second-order valence-corrected chi connectivity index (χ2v) is 4.50. The molecule has 0 radical (unpaired) electrons. The lowest BCUT2D eigenvalue weighted by Crippen LogP contribution is -2.29. The summed E-state index contributed by atoms with van der Waals surface area (Å²) in [5.41, 5.74) is 1.14. The van der Waals surface area contributed by atoms with Gasteiger partial charge in [-0.1, -0.05) is 12.1 Å². The van der Waals surface area contributed by atoms with Crippen molar-refractivity contribution in [1.82, 2.24) is 5.32 Å². The zero-order valence-electron chi connectivity index (χ0n) is 11.1. The summed E-state index contributed by atoms with van der Waals surface area (Å²) in [6.45, 7) is 4.06. The van der Waals surface area contributed by atoms with Crippen LogP contribution in [-0.2, 0) is 4.79 Å². The Balaban J connectivity index is 2.53. The number of carboxylic acids is 1. The Hall–Kier alpha value is -1.55. The number of hydrogen-bond donors (Lipinski definition) is 2. The van der Waals surface area contributed by atoms with E-state index in [9.17, 15) is 4.79 Å². The van der Waals surface area contributed by atoms with Crippen molar-refractivity contribution in [3.63, 3.8) is 0 Å². The highest BCUT2D eigenvalue weighted by Gasteiger charge is 2.11. The molecular weight excluding hydrogens is 230 g/mol. The highest BCUT2D eigenvalue weighted by atomic mass is 16.5. The van der Waals surface area contributed by atoms with Gasteiger partial charge in [0, 0.05) is 18.5 Å². The van der Waals surface area contributed by atoms with E-state index in [0.29, 0.717) is 6.42 Å². The minimum atomic E-state index is -0.752. The van der Waals surface area contributed by atoms with Gasteiger partial charge in [-0.25, -0.2) is 0 Å². The molecule has 0 saturated carbocycles. The fourth-order valence-electron chi connectivity index (χ4n) is 1.86. The van der Waals surface area contributed by atoms with Gasteiger partial charge >= 0.3 is 5.97 Å². The molecule has 0 fully saturated rings. The molecule has 0 saturated heterocycles. The van der Waals surface area contributed by atoms with Crippen LogP contribution in [0.25, 0.3) is 0 Å². The third-order valence-corrected chi connectivity index (χ3v) is 2.92. The van der Waals surface area contributed by atoms with Crippen molar-refractivity contribution in [2.45, 2.75) is 38.8 Å². The number of methoxy groups -OCH3 is 1. The average Bonchev–Trinajstić information content (AvgIpc) is 2.36. The molecule has 2 atom stereocenters. The number of aliphatic carboxylic acids is 1. The fraction of sp³-hybridized carbons (Fsp3) is 0.500. The lowest BCUT2D eigenvalue weighted by molar-refractivity contribution is -0.137. The van der Waals surface area contributed by atoms with E-state index in [4.69, 9.17) is 9.84 Å². The first-order valence-electron chi connectivity index (χ1n) is 6.14. The molecule has 1 unspecified atom stereocenters. The maximum Gasteiger partial charge on any atom is 0.303 e. The normalized spacial score (nSPS) is 13.9. The summed E-state index contributed by atoms with van der Waals surface area (Å²) in [5, 5.41) is 12.0. The van der Waals surface area contributed by atoms with Crippen molar-refractivity contribution in [2.24, 2.45) is 0 Å². The van der Waals surface area contributed by atoms with Gasteiger partial charge in [0.1, 0.15) is 5.75 Å². The number of ether oxygens (including phenoxy) is 1. The van der Waals surface area contributed by atoms with E-state index in [1.165, 1.54) is 0 Å². The summed E-state index contributed by atoms with van der Waals surface area (Å²) < 4.78 is 5.18. The van der Waals surface area contributed by atoms with E-state index >= 15 is 0 Å². The topological polar surface area (TPSA) is 58.6 Å². The molecule has 0 heterocycles. The summed E-state index contributed by atoms with van der Waals surface area (Å²) in [4.78, 5) is 10.5. The van der Waals surface area contributed by atoms with E-state index in [1.807, 2.05) is 31.2 Å². The first-order chi connectivity index (χ1) is 8.52. The molecule has 1 aromatic carbocycles. The largest absolute Gasteiger partial charge is 0.497 e. The molecule has 0 amide bonds. The highest BCUT2D eigenvalue weighted by molar-refractivity contribution is 5.66. The van der Waals surface area contributed by atoms with Crippen LogP contribution >= 0.6 is 0 Å². The zero-order chi connectivity index (χ0) is 13.5. The number of nitrogens with one attached hydrogen (secondary N) is 1. The van der Waals surface area contributed by atoms with Gasteiger partial charge < -0.3 is 15.2 Å².